The van der Waals surface area contributed by atoms with Gasteiger partial charge in [-0.3, -0.25) is 0 Å². The minimum atomic E-state index is -0.174. The molecule has 2 rings (SSSR count). The Morgan fingerprint density at radius 3 is 2.21 bits per heavy atom. The van der Waals surface area contributed by atoms with E-state index >= 15 is 0 Å². The van der Waals surface area contributed by atoms with Crippen molar-refractivity contribution in [3.63, 3.8) is 0 Å². The molecule has 0 nitrogen and oxygen atoms in total. The van der Waals surface area contributed by atoms with Gasteiger partial charge in [-0.1, -0.05) is 66.2 Å². The lowest BCUT2D eigenvalue weighted by atomic mass is 9.99. The Hall–Kier alpha value is -1.15. The molecule has 1 unspecified atom stereocenters. The van der Waals surface area contributed by atoms with Crippen LogP contribution in [0.5, 0.6) is 0 Å². The van der Waals surface area contributed by atoms with Gasteiger partial charge in [-0.25, -0.2) is 4.39 Å². The van der Waals surface area contributed by atoms with Gasteiger partial charge in [0.25, 0.3) is 0 Å². The summed E-state index contributed by atoms with van der Waals surface area (Å²) in [6.07, 6.45) is 0.790. The maximum atomic E-state index is 13.1. The number of rotatable bonds is 4. The summed E-state index contributed by atoms with van der Waals surface area (Å²) in [5.74, 6) is 0.374. The van der Waals surface area contributed by atoms with Gasteiger partial charge in [0.1, 0.15) is 5.82 Å². The minimum absolute atomic E-state index is 0.174. The molecular formula is C17H18BrF. The molecule has 100 valence electrons. The van der Waals surface area contributed by atoms with Gasteiger partial charge in [-0.2, -0.15) is 0 Å². The highest BCUT2D eigenvalue weighted by atomic mass is 79.9. The van der Waals surface area contributed by atoms with E-state index in [1.807, 2.05) is 6.07 Å². The van der Waals surface area contributed by atoms with E-state index in [0.29, 0.717) is 5.92 Å². The van der Waals surface area contributed by atoms with E-state index in [2.05, 4.69) is 54.0 Å². The average Bonchev–Trinajstić information content (AvgIpc) is 2.39. The van der Waals surface area contributed by atoms with Crippen LogP contribution >= 0.6 is 15.9 Å². The second-order valence-corrected chi connectivity index (χ2v) is 6.23. The predicted octanol–water partition coefficient (Wildman–Crippen LogP) is 5.63. The van der Waals surface area contributed by atoms with Gasteiger partial charge in [0.05, 0.1) is 0 Å². The molecule has 2 aromatic carbocycles. The van der Waals surface area contributed by atoms with Crippen LogP contribution < -0.4 is 0 Å². The van der Waals surface area contributed by atoms with E-state index in [4.69, 9.17) is 0 Å². The van der Waals surface area contributed by atoms with Crippen molar-refractivity contribution in [2.75, 3.05) is 0 Å². The summed E-state index contributed by atoms with van der Waals surface area (Å²) in [5, 5.41) is 0. The highest BCUT2D eigenvalue weighted by molar-refractivity contribution is 9.09. The Bertz CT molecular complexity index is 531. The van der Waals surface area contributed by atoms with Gasteiger partial charge in [-0.05, 0) is 41.2 Å². The molecule has 0 aromatic heterocycles. The summed E-state index contributed by atoms with van der Waals surface area (Å²) >= 11 is 3.69. The molecule has 0 spiro atoms. The number of hydrogen-bond donors (Lipinski definition) is 0. The van der Waals surface area contributed by atoms with Crippen molar-refractivity contribution in [2.24, 2.45) is 0 Å². The SMILES string of the molecule is CC(C)c1ccc(C(Br)Cc2cccc(F)c2)cc1. The van der Waals surface area contributed by atoms with Crippen LogP contribution in [-0.4, -0.2) is 0 Å². The zero-order valence-corrected chi connectivity index (χ0v) is 12.8. The standard InChI is InChI=1S/C17H18BrF/c1-12(2)14-6-8-15(9-7-14)17(18)11-13-4-3-5-16(19)10-13/h3-10,12,17H,11H2,1-2H3. The van der Waals surface area contributed by atoms with Crippen LogP contribution in [-0.2, 0) is 6.42 Å². The summed E-state index contributed by atoms with van der Waals surface area (Å²) in [4.78, 5) is 0.218. The molecule has 2 aromatic rings. The second kappa shape index (κ2) is 6.33. The Morgan fingerprint density at radius 2 is 1.63 bits per heavy atom. The summed E-state index contributed by atoms with van der Waals surface area (Å²) in [6, 6.07) is 15.4. The quantitative estimate of drug-likeness (QED) is 0.640. The topological polar surface area (TPSA) is 0 Å². The smallest absolute Gasteiger partial charge is 0.123 e. The highest BCUT2D eigenvalue weighted by Crippen LogP contribution is 2.28. The molecule has 0 aliphatic carbocycles. The molecule has 0 aliphatic rings. The zero-order chi connectivity index (χ0) is 13.8. The molecule has 0 fully saturated rings. The molecule has 0 bridgehead atoms. The summed E-state index contributed by atoms with van der Waals surface area (Å²) in [5.41, 5.74) is 3.58. The molecule has 0 aliphatic heterocycles. The Labute approximate surface area is 122 Å². The van der Waals surface area contributed by atoms with Crippen LogP contribution in [0.3, 0.4) is 0 Å². The first-order valence-electron chi connectivity index (χ1n) is 6.54. The van der Waals surface area contributed by atoms with Crippen molar-refractivity contribution in [2.45, 2.75) is 31.0 Å². The van der Waals surface area contributed by atoms with Gasteiger partial charge in [0.2, 0.25) is 0 Å². The van der Waals surface area contributed by atoms with Crippen LogP contribution in [0.2, 0.25) is 0 Å². The van der Waals surface area contributed by atoms with E-state index in [-0.39, 0.29) is 10.6 Å². The van der Waals surface area contributed by atoms with E-state index < -0.39 is 0 Å². The predicted molar refractivity (Wildman–Crippen MR) is 82.3 cm³/mol. The lowest BCUT2D eigenvalue weighted by Crippen LogP contribution is -1.97. The third-order valence-electron chi connectivity index (χ3n) is 3.27. The van der Waals surface area contributed by atoms with E-state index in [1.165, 1.54) is 17.2 Å². The first kappa shape index (κ1) is 14.3. The van der Waals surface area contributed by atoms with Crippen LogP contribution in [0.25, 0.3) is 0 Å². The van der Waals surface area contributed by atoms with Crippen molar-refractivity contribution in [3.05, 3.63) is 71.0 Å². The van der Waals surface area contributed by atoms with Crippen LogP contribution in [0.4, 0.5) is 4.39 Å². The van der Waals surface area contributed by atoms with E-state index in [1.54, 1.807) is 12.1 Å². The fourth-order valence-corrected chi connectivity index (χ4v) is 2.76. The largest absolute Gasteiger partial charge is 0.207 e. The zero-order valence-electron chi connectivity index (χ0n) is 11.2. The van der Waals surface area contributed by atoms with Gasteiger partial charge in [0.15, 0.2) is 0 Å². The monoisotopic (exact) mass is 320 g/mol. The van der Waals surface area contributed by atoms with Gasteiger partial charge in [0, 0.05) is 4.83 Å². The van der Waals surface area contributed by atoms with Crippen molar-refractivity contribution in [1.29, 1.82) is 0 Å². The van der Waals surface area contributed by atoms with Gasteiger partial charge in [-0.15, -0.1) is 0 Å². The van der Waals surface area contributed by atoms with Crippen molar-refractivity contribution >= 4 is 15.9 Å². The van der Waals surface area contributed by atoms with Crippen LogP contribution in [0, 0.1) is 5.82 Å². The fraction of sp³-hybridized carbons (Fsp3) is 0.294. The molecule has 1 atom stereocenters. The molecule has 0 heterocycles. The van der Waals surface area contributed by atoms with Crippen molar-refractivity contribution in [3.8, 4) is 0 Å². The number of halogens is 2. The highest BCUT2D eigenvalue weighted by Gasteiger charge is 2.09. The van der Waals surface area contributed by atoms with Crippen LogP contribution in [0.1, 0.15) is 41.3 Å². The fourth-order valence-electron chi connectivity index (χ4n) is 2.08. The molecule has 2 heteroatoms. The second-order valence-electron chi connectivity index (χ2n) is 5.12. The normalized spacial score (nSPS) is 12.7. The molecule has 0 saturated carbocycles. The lowest BCUT2D eigenvalue weighted by Gasteiger charge is -2.12. The molecular weight excluding hydrogens is 303 g/mol. The number of alkyl halides is 1. The van der Waals surface area contributed by atoms with Crippen molar-refractivity contribution < 1.29 is 4.39 Å². The summed E-state index contributed by atoms with van der Waals surface area (Å²) in [7, 11) is 0. The average molecular weight is 321 g/mol. The lowest BCUT2D eigenvalue weighted by molar-refractivity contribution is 0.625. The molecule has 0 N–H and O–H groups in total. The Morgan fingerprint density at radius 1 is 1.00 bits per heavy atom. The minimum Gasteiger partial charge on any atom is -0.207 e. The van der Waals surface area contributed by atoms with Gasteiger partial charge >= 0.3 is 0 Å². The number of hydrogen-bond acceptors (Lipinski definition) is 0. The Kier molecular flexibility index (Phi) is 4.76. The van der Waals surface area contributed by atoms with Crippen molar-refractivity contribution in [1.82, 2.24) is 0 Å². The maximum absolute atomic E-state index is 13.1. The number of benzene rings is 2. The third kappa shape index (κ3) is 3.90. The molecule has 0 amide bonds. The Balaban J connectivity index is 2.09. The summed E-state index contributed by atoms with van der Waals surface area (Å²) < 4.78 is 13.1. The first-order valence-corrected chi connectivity index (χ1v) is 7.46. The maximum Gasteiger partial charge on any atom is 0.123 e. The van der Waals surface area contributed by atoms with E-state index in [9.17, 15) is 4.39 Å². The first-order chi connectivity index (χ1) is 9.06. The molecule has 0 radical (unpaired) electrons. The summed E-state index contributed by atoms with van der Waals surface area (Å²) in [6.45, 7) is 4.38. The van der Waals surface area contributed by atoms with E-state index in [0.717, 1.165) is 12.0 Å². The van der Waals surface area contributed by atoms with Gasteiger partial charge < -0.3 is 0 Å². The molecule has 0 saturated heterocycles. The molecule has 19 heavy (non-hydrogen) atoms. The third-order valence-corrected chi connectivity index (χ3v) is 4.12. The van der Waals surface area contributed by atoms with Crippen LogP contribution in [0.15, 0.2) is 48.5 Å².